The first-order valence-corrected chi connectivity index (χ1v) is 6.45. The molecule has 0 amide bonds. The van der Waals surface area contributed by atoms with Gasteiger partial charge in [-0.25, -0.2) is 13.4 Å². The molecule has 86 valence electrons. The second-order valence-corrected chi connectivity index (χ2v) is 5.29. The van der Waals surface area contributed by atoms with Crippen molar-refractivity contribution in [2.75, 3.05) is 4.72 Å². The molecule has 1 rings (SSSR count). The first-order chi connectivity index (χ1) is 7.49. The van der Waals surface area contributed by atoms with E-state index in [4.69, 9.17) is 16.9 Å². The standard InChI is InChI=1S/C9H10ClN3O2S/c1-2-8(5-11)16(14,15)13-7-3-4-9(10)12-6-7/h3-4,6,8,13H,2H2,1H3. The molecule has 0 fully saturated rings. The third kappa shape index (κ3) is 3.08. The van der Waals surface area contributed by atoms with Gasteiger partial charge in [-0.15, -0.1) is 0 Å². The normalized spacial score (nSPS) is 12.8. The number of hydrogen-bond donors (Lipinski definition) is 1. The van der Waals surface area contributed by atoms with E-state index in [1.807, 2.05) is 0 Å². The molecule has 0 saturated heterocycles. The number of sulfonamides is 1. The maximum absolute atomic E-state index is 11.7. The molecule has 1 atom stereocenters. The van der Waals surface area contributed by atoms with Crippen LogP contribution in [0.4, 0.5) is 5.69 Å². The molecule has 0 spiro atoms. The lowest BCUT2D eigenvalue weighted by Gasteiger charge is -2.10. The van der Waals surface area contributed by atoms with Crippen LogP contribution in [0, 0.1) is 11.3 Å². The molecule has 1 N–H and O–H groups in total. The third-order valence-electron chi connectivity index (χ3n) is 1.88. The smallest absolute Gasteiger partial charge is 0.249 e. The van der Waals surface area contributed by atoms with Gasteiger partial charge in [0.15, 0.2) is 5.25 Å². The minimum Gasteiger partial charge on any atom is -0.281 e. The van der Waals surface area contributed by atoms with Crippen LogP contribution in [0.5, 0.6) is 0 Å². The topological polar surface area (TPSA) is 82.8 Å². The van der Waals surface area contributed by atoms with Gasteiger partial charge in [0, 0.05) is 0 Å². The van der Waals surface area contributed by atoms with Crippen LogP contribution in [-0.4, -0.2) is 18.7 Å². The Kier molecular flexibility index (Phi) is 4.10. The fraction of sp³-hybridized carbons (Fsp3) is 0.333. The van der Waals surface area contributed by atoms with Gasteiger partial charge >= 0.3 is 0 Å². The molecule has 0 bridgehead atoms. The third-order valence-corrected chi connectivity index (χ3v) is 3.81. The number of nitriles is 1. The van der Waals surface area contributed by atoms with Crippen molar-refractivity contribution in [3.8, 4) is 6.07 Å². The summed E-state index contributed by atoms with van der Waals surface area (Å²) in [4.78, 5) is 3.73. The van der Waals surface area contributed by atoms with Crippen molar-refractivity contribution in [2.45, 2.75) is 18.6 Å². The summed E-state index contributed by atoms with van der Waals surface area (Å²) in [5, 5.41) is 7.88. The number of pyridine rings is 1. The lowest BCUT2D eigenvalue weighted by molar-refractivity contribution is 0.593. The Labute approximate surface area is 99.1 Å². The monoisotopic (exact) mass is 259 g/mol. The number of nitrogens with one attached hydrogen (secondary N) is 1. The van der Waals surface area contributed by atoms with E-state index in [1.54, 1.807) is 13.0 Å². The number of anilines is 1. The molecule has 0 radical (unpaired) electrons. The van der Waals surface area contributed by atoms with E-state index in [9.17, 15) is 8.42 Å². The van der Waals surface area contributed by atoms with E-state index < -0.39 is 15.3 Å². The number of rotatable bonds is 4. The summed E-state index contributed by atoms with van der Waals surface area (Å²) < 4.78 is 25.6. The molecule has 0 aliphatic heterocycles. The predicted molar refractivity (Wildman–Crippen MR) is 61.5 cm³/mol. The quantitative estimate of drug-likeness (QED) is 0.836. The molecule has 16 heavy (non-hydrogen) atoms. The number of hydrogen-bond acceptors (Lipinski definition) is 4. The fourth-order valence-corrected chi connectivity index (χ4v) is 2.33. The Morgan fingerprint density at radius 2 is 2.31 bits per heavy atom. The molecule has 1 unspecified atom stereocenters. The van der Waals surface area contributed by atoms with Gasteiger partial charge in [-0.3, -0.25) is 4.72 Å². The van der Waals surface area contributed by atoms with Crippen LogP contribution in [0.3, 0.4) is 0 Å². The molecule has 0 aromatic carbocycles. The zero-order valence-electron chi connectivity index (χ0n) is 8.51. The van der Waals surface area contributed by atoms with E-state index in [2.05, 4.69) is 9.71 Å². The van der Waals surface area contributed by atoms with Gasteiger partial charge in [0.25, 0.3) is 0 Å². The SMILES string of the molecule is CCC(C#N)S(=O)(=O)Nc1ccc(Cl)nc1. The van der Waals surface area contributed by atoms with Crippen LogP contribution in [0.25, 0.3) is 0 Å². The van der Waals surface area contributed by atoms with E-state index >= 15 is 0 Å². The number of halogens is 1. The van der Waals surface area contributed by atoms with Crippen molar-refractivity contribution in [2.24, 2.45) is 0 Å². The molecule has 0 aliphatic rings. The molecule has 7 heteroatoms. The van der Waals surface area contributed by atoms with Crippen LogP contribution < -0.4 is 4.72 Å². The summed E-state index contributed by atoms with van der Waals surface area (Å²) in [5.74, 6) is 0. The van der Waals surface area contributed by atoms with Crippen LogP contribution in [0.15, 0.2) is 18.3 Å². The van der Waals surface area contributed by atoms with Gasteiger partial charge in [-0.05, 0) is 18.6 Å². The van der Waals surface area contributed by atoms with Crippen molar-refractivity contribution >= 4 is 27.3 Å². The highest BCUT2D eigenvalue weighted by Crippen LogP contribution is 2.14. The van der Waals surface area contributed by atoms with Crippen LogP contribution in [0.2, 0.25) is 5.15 Å². The van der Waals surface area contributed by atoms with Gasteiger partial charge in [-0.1, -0.05) is 18.5 Å². The van der Waals surface area contributed by atoms with Gasteiger partial charge in [-0.2, -0.15) is 5.26 Å². The molecule has 0 aliphatic carbocycles. The van der Waals surface area contributed by atoms with Gasteiger partial charge in [0.05, 0.1) is 18.0 Å². The highest BCUT2D eigenvalue weighted by molar-refractivity contribution is 7.93. The zero-order valence-corrected chi connectivity index (χ0v) is 10.1. The summed E-state index contributed by atoms with van der Waals surface area (Å²) >= 11 is 5.56. The minimum atomic E-state index is -3.68. The Morgan fingerprint density at radius 3 is 2.75 bits per heavy atom. The van der Waals surface area contributed by atoms with Gasteiger partial charge < -0.3 is 0 Å². The van der Waals surface area contributed by atoms with Gasteiger partial charge in [0.1, 0.15) is 5.15 Å². The van der Waals surface area contributed by atoms with E-state index in [0.717, 1.165) is 0 Å². The van der Waals surface area contributed by atoms with Crippen molar-refractivity contribution < 1.29 is 8.42 Å². The maximum atomic E-state index is 11.7. The highest BCUT2D eigenvalue weighted by atomic mass is 35.5. The number of aromatic nitrogens is 1. The Bertz CT molecular complexity index is 492. The Balaban J connectivity index is 2.89. The summed E-state index contributed by atoms with van der Waals surface area (Å²) in [5.41, 5.74) is 0.290. The maximum Gasteiger partial charge on any atom is 0.249 e. The largest absolute Gasteiger partial charge is 0.281 e. The van der Waals surface area contributed by atoms with Crippen LogP contribution in [0.1, 0.15) is 13.3 Å². The lowest BCUT2D eigenvalue weighted by Crippen LogP contribution is -2.25. The second kappa shape index (κ2) is 5.14. The van der Waals surface area contributed by atoms with Crippen LogP contribution >= 0.6 is 11.6 Å². The first kappa shape index (κ1) is 12.7. The molecular formula is C9H10ClN3O2S. The lowest BCUT2D eigenvalue weighted by atomic mass is 10.4. The molecule has 5 nitrogen and oxygen atoms in total. The van der Waals surface area contributed by atoms with Gasteiger partial charge in [0.2, 0.25) is 10.0 Å². The predicted octanol–water partition coefficient (Wildman–Crippen LogP) is 1.78. The van der Waals surface area contributed by atoms with E-state index in [1.165, 1.54) is 18.3 Å². The number of nitrogens with zero attached hydrogens (tertiary/aromatic N) is 2. The summed E-state index contributed by atoms with van der Waals surface area (Å²) in [6.45, 7) is 1.63. The molecule has 0 saturated carbocycles. The summed E-state index contributed by atoms with van der Waals surface area (Å²) in [7, 11) is -3.68. The Hall–Kier alpha value is -1.32. The van der Waals surface area contributed by atoms with Crippen molar-refractivity contribution in [1.29, 1.82) is 5.26 Å². The van der Waals surface area contributed by atoms with Crippen molar-refractivity contribution in [1.82, 2.24) is 4.98 Å². The molecule has 1 aromatic heterocycles. The molecule has 1 heterocycles. The second-order valence-electron chi connectivity index (χ2n) is 3.04. The fourth-order valence-electron chi connectivity index (χ4n) is 1.05. The van der Waals surface area contributed by atoms with Crippen molar-refractivity contribution in [3.05, 3.63) is 23.5 Å². The summed E-state index contributed by atoms with van der Waals surface area (Å²) in [6.07, 6.45) is 1.52. The minimum absolute atomic E-state index is 0.229. The zero-order chi connectivity index (χ0) is 12.2. The van der Waals surface area contributed by atoms with E-state index in [-0.39, 0.29) is 17.3 Å². The average molecular weight is 260 g/mol. The first-order valence-electron chi connectivity index (χ1n) is 4.52. The Morgan fingerprint density at radius 1 is 1.62 bits per heavy atom. The summed E-state index contributed by atoms with van der Waals surface area (Å²) in [6, 6.07) is 4.67. The van der Waals surface area contributed by atoms with Crippen LogP contribution in [-0.2, 0) is 10.0 Å². The molecule has 1 aromatic rings. The highest BCUT2D eigenvalue weighted by Gasteiger charge is 2.23. The van der Waals surface area contributed by atoms with Crippen molar-refractivity contribution in [3.63, 3.8) is 0 Å². The molecular weight excluding hydrogens is 250 g/mol. The van der Waals surface area contributed by atoms with E-state index in [0.29, 0.717) is 0 Å². The average Bonchev–Trinajstić information content (AvgIpc) is 2.22.